The third-order valence-corrected chi connectivity index (χ3v) is 5.22. The van der Waals surface area contributed by atoms with Crippen molar-refractivity contribution >= 4 is 49.6 Å². The molecule has 28 heavy (non-hydrogen) atoms. The minimum atomic E-state index is -0.255. The number of rotatable bonds is 6. The van der Waals surface area contributed by atoms with Gasteiger partial charge < -0.3 is 10.1 Å². The van der Waals surface area contributed by atoms with Gasteiger partial charge in [-0.1, -0.05) is 53.8 Å². The van der Waals surface area contributed by atoms with Crippen LogP contribution < -0.4 is 15.5 Å². The minimum absolute atomic E-state index is 0.0871. The molecular weight excluding hydrogens is 372 g/mol. The van der Waals surface area contributed by atoms with Crippen LogP contribution in [0.15, 0.2) is 65.8 Å². The molecule has 140 valence electrons. The lowest BCUT2D eigenvalue weighted by Gasteiger charge is -2.08. The van der Waals surface area contributed by atoms with Crippen molar-refractivity contribution in [3.63, 3.8) is 0 Å². The first-order valence-electron chi connectivity index (χ1n) is 8.71. The normalized spacial score (nSPS) is 11.2. The van der Waals surface area contributed by atoms with Crippen molar-refractivity contribution in [2.45, 2.75) is 0 Å². The zero-order valence-electron chi connectivity index (χ0n) is 15.2. The Hall–Kier alpha value is -3.45. The smallest absolute Gasteiger partial charge is 0.259 e. The Morgan fingerprint density at radius 2 is 1.96 bits per heavy atom. The van der Waals surface area contributed by atoms with Gasteiger partial charge in [-0.3, -0.25) is 4.79 Å². The Balaban J connectivity index is 1.42. The highest BCUT2D eigenvalue weighted by Gasteiger charge is 2.07. The molecule has 2 N–H and O–H groups in total. The van der Waals surface area contributed by atoms with E-state index >= 15 is 0 Å². The lowest BCUT2D eigenvalue weighted by Crippen LogP contribution is -2.25. The molecule has 0 fully saturated rings. The summed E-state index contributed by atoms with van der Waals surface area (Å²) in [6.45, 7) is 0.0871. The van der Waals surface area contributed by atoms with Crippen molar-refractivity contribution < 1.29 is 9.53 Å². The largest absolute Gasteiger partial charge is 0.496 e. The van der Waals surface area contributed by atoms with Crippen molar-refractivity contribution in [2.75, 3.05) is 19.0 Å². The number of anilines is 1. The Kier molecular flexibility index (Phi) is 5.16. The number of carbonyl (C=O) groups excluding carboxylic acids is 1. The molecular formula is C21H18N4O2S. The predicted molar refractivity (Wildman–Crippen MR) is 114 cm³/mol. The summed E-state index contributed by atoms with van der Waals surface area (Å²) in [6, 6.07) is 19.7. The second kappa shape index (κ2) is 8.06. The van der Waals surface area contributed by atoms with Gasteiger partial charge in [-0.2, -0.15) is 5.10 Å². The predicted octanol–water partition coefficient (Wildman–Crippen LogP) is 4.02. The summed E-state index contributed by atoms with van der Waals surface area (Å²) >= 11 is 1.51. The van der Waals surface area contributed by atoms with E-state index in [9.17, 15) is 4.79 Å². The van der Waals surface area contributed by atoms with Crippen LogP contribution in [0.25, 0.3) is 21.0 Å². The molecule has 1 heterocycles. The van der Waals surface area contributed by atoms with E-state index in [2.05, 4.69) is 20.8 Å². The number of amides is 1. The fourth-order valence-corrected chi connectivity index (χ4v) is 3.76. The number of hydrogen-bond acceptors (Lipinski definition) is 6. The molecule has 4 rings (SSSR count). The number of hydrogen-bond donors (Lipinski definition) is 2. The van der Waals surface area contributed by atoms with Crippen molar-refractivity contribution in [3.8, 4) is 5.75 Å². The summed E-state index contributed by atoms with van der Waals surface area (Å²) < 4.78 is 6.50. The fraction of sp³-hybridized carbons (Fsp3) is 0.0952. The molecule has 7 heteroatoms. The zero-order valence-corrected chi connectivity index (χ0v) is 16.0. The molecule has 0 saturated heterocycles. The molecule has 0 unspecified atom stereocenters. The van der Waals surface area contributed by atoms with Gasteiger partial charge in [-0.25, -0.2) is 10.4 Å². The fourth-order valence-electron chi connectivity index (χ4n) is 2.90. The van der Waals surface area contributed by atoms with E-state index in [4.69, 9.17) is 4.74 Å². The van der Waals surface area contributed by atoms with Crippen LogP contribution >= 0.6 is 11.3 Å². The van der Waals surface area contributed by atoms with E-state index in [1.54, 1.807) is 13.3 Å². The van der Waals surface area contributed by atoms with Crippen LogP contribution in [0.5, 0.6) is 5.75 Å². The lowest BCUT2D eigenvalue weighted by atomic mass is 10.0. The maximum Gasteiger partial charge on any atom is 0.259 e. The monoisotopic (exact) mass is 390 g/mol. The number of fused-ring (bicyclic) bond motifs is 2. The van der Waals surface area contributed by atoms with E-state index in [0.717, 1.165) is 26.6 Å². The Bertz CT molecular complexity index is 1140. The summed E-state index contributed by atoms with van der Waals surface area (Å²) in [4.78, 5) is 16.5. The quantitative estimate of drug-likeness (QED) is 0.385. The number of benzene rings is 3. The summed E-state index contributed by atoms with van der Waals surface area (Å²) in [5.41, 5.74) is 4.27. The molecule has 6 nitrogen and oxygen atoms in total. The number of aromatic nitrogens is 1. The van der Waals surface area contributed by atoms with Gasteiger partial charge in [-0.15, -0.1) is 0 Å². The number of carbonyl (C=O) groups is 1. The van der Waals surface area contributed by atoms with E-state index in [-0.39, 0.29) is 12.5 Å². The molecule has 0 spiro atoms. The molecule has 0 aliphatic carbocycles. The number of thiazole rings is 1. The van der Waals surface area contributed by atoms with E-state index in [1.165, 1.54) is 11.3 Å². The summed E-state index contributed by atoms with van der Waals surface area (Å²) in [6.07, 6.45) is 1.61. The maximum atomic E-state index is 12.1. The van der Waals surface area contributed by atoms with Crippen LogP contribution in [0.1, 0.15) is 5.56 Å². The minimum Gasteiger partial charge on any atom is -0.496 e. The summed E-state index contributed by atoms with van der Waals surface area (Å²) in [5.74, 6) is 0.444. The van der Waals surface area contributed by atoms with Crippen LogP contribution in [-0.4, -0.2) is 30.8 Å². The zero-order chi connectivity index (χ0) is 19.3. The molecule has 0 bridgehead atoms. The van der Waals surface area contributed by atoms with E-state index in [1.807, 2.05) is 60.7 Å². The molecule has 0 atom stereocenters. The molecule has 3 aromatic carbocycles. The number of nitrogens with one attached hydrogen (secondary N) is 2. The third-order valence-electron chi connectivity index (χ3n) is 4.23. The molecule has 4 aromatic rings. The van der Waals surface area contributed by atoms with Gasteiger partial charge in [0.1, 0.15) is 5.75 Å². The Morgan fingerprint density at radius 1 is 1.14 bits per heavy atom. The van der Waals surface area contributed by atoms with E-state index < -0.39 is 0 Å². The molecule has 1 aromatic heterocycles. The number of ether oxygens (including phenoxy) is 1. The second-order valence-corrected chi connectivity index (χ2v) is 7.07. The first kappa shape index (κ1) is 17.9. The van der Waals surface area contributed by atoms with Crippen molar-refractivity contribution in [1.82, 2.24) is 10.4 Å². The third kappa shape index (κ3) is 3.79. The Labute approximate surface area is 165 Å². The second-order valence-electron chi connectivity index (χ2n) is 6.04. The molecule has 0 saturated carbocycles. The van der Waals surface area contributed by atoms with Crippen molar-refractivity contribution in [2.24, 2.45) is 5.10 Å². The topological polar surface area (TPSA) is 75.6 Å². The number of nitrogens with zero attached hydrogens (tertiary/aromatic N) is 2. The average Bonchev–Trinajstić information content (AvgIpc) is 3.15. The van der Waals surface area contributed by atoms with Gasteiger partial charge in [0, 0.05) is 5.56 Å². The van der Waals surface area contributed by atoms with Gasteiger partial charge in [0.05, 0.1) is 30.1 Å². The molecule has 0 aliphatic heterocycles. The standard InChI is InChI=1S/C21H18N4O2S/c1-27-18-11-10-14-6-2-3-7-15(14)16(18)12-23-25-20(26)13-22-21-24-17-8-4-5-9-19(17)28-21/h2-12H,13H2,1H3,(H,22,24)(H,25,26)/b23-12-. The molecule has 1 amide bonds. The highest BCUT2D eigenvalue weighted by atomic mass is 32.1. The highest BCUT2D eigenvalue weighted by Crippen LogP contribution is 2.26. The maximum absolute atomic E-state index is 12.1. The van der Waals surface area contributed by atoms with Crippen LogP contribution in [0.2, 0.25) is 0 Å². The number of para-hydroxylation sites is 1. The van der Waals surface area contributed by atoms with Gasteiger partial charge in [-0.05, 0) is 29.0 Å². The van der Waals surface area contributed by atoms with E-state index in [0.29, 0.717) is 10.9 Å². The first-order valence-corrected chi connectivity index (χ1v) is 9.53. The average molecular weight is 390 g/mol. The van der Waals surface area contributed by atoms with Gasteiger partial charge >= 0.3 is 0 Å². The van der Waals surface area contributed by atoms with Crippen LogP contribution in [-0.2, 0) is 4.79 Å². The number of hydrazone groups is 1. The Morgan fingerprint density at radius 3 is 2.82 bits per heavy atom. The lowest BCUT2D eigenvalue weighted by molar-refractivity contribution is -0.119. The summed E-state index contributed by atoms with van der Waals surface area (Å²) in [5, 5.41) is 9.91. The van der Waals surface area contributed by atoms with Crippen LogP contribution in [0.4, 0.5) is 5.13 Å². The van der Waals surface area contributed by atoms with Gasteiger partial charge in [0.15, 0.2) is 5.13 Å². The van der Waals surface area contributed by atoms with Crippen LogP contribution in [0, 0.1) is 0 Å². The molecule has 0 aliphatic rings. The first-order chi connectivity index (χ1) is 13.7. The summed E-state index contributed by atoms with van der Waals surface area (Å²) in [7, 11) is 1.61. The SMILES string of the molecule is COc1ccc2ccccc2c1/C=N\NC(=O)CNc1nc2ccccc2s1. The highest BCUT2D eigenvalue weighted by molar-refractivity contribution is 7.22. The van der Waals surface area contributed by atoms with Gasteiger partial charge in [0.25, 0.3) is 5.91 Å². The van der Waals surface area contributed by atoms with Gasteiger partial charge in [0.2, 0.25) is 0 Å². The molecule has 0 radical (unpaired) electrons. The number of methoxy groups -OCH3 is 1. The van der Waals surface area contributed by atoms with Crippen molar-refractivity contribution in [3.05, 3.63) is 66.2 Å². The van der Waals surface area contributed by atoms with Crippen molar-refractivity contribution in [1.29, 1.82) is 0 Å². The van der Waals surface area contributed by atoms with Crippen LogP contribution in [0.3, 0.4) is 0 Å².